The van der Waals surface area contributed by atoms with Gasteiger partial charge in [-0.1, -0.05) is 38.1 Å². The second kappa shape index (κ2) is 8.06. The van der Waals surface area contributed by atoms with E-state index in [1.54, 1.807) is 11.0 Å². The number of carbonyl (C=O) groups excluding carboxylic acids is 2. The van der Waals surface area contributed by atoms with Crippen molar-refractivity contribution in [1.82, 2.24) is 0 Å². The molecule has 4 nitrogen and oxygen atoms in total. The number of allylic oxidation sites excluding steroid dienone is 1. The zero-order chi connectivity index (χ0) is 16.8. The lowest BCUT2D eigenvalue weighted by Crippen LogP contribution is -2.31. The highest BCUT2D eigenvalue weighted by Crippen LogP contribution is 2.27. The van der Waals surface area contributed by atoms with E-state index in [4.69, 9.17) is 5.73 Å². The number of hydrogen-bond donors (Lipinski definition) is 1. The van der Waals surface area contributed by atoms with Gasteiger partial charge in [0, 0.05) is 18.7 Å². The van der Waals surface area contributed by atoms with Crippen LogP contribution in [0.1, 0.15) is 38.7 Å². The van der Waals surface area contributed by atoms with Gasteiger partial charge in [-0.25, -0.2) is 0 Å². The molecular formula is C19H26N2O2. The quantitative estimate of drug-likeness (QED) is 0.787. The van der Waals surface area contributed by atoms with E-state index in [9.17, 15) is 9.59 Å². The maximum Gasteiger partial charge on any atom is 0.250 e. The zero-order valence-electron chi connectivity index (χ0n) is 14.0. The molecule has 0 saturated heterocycles. The number of carbonyl (C=O) groups is 2. The standard InChI is InChI=1S/C19H26N2O2/c1-3-14(13-18(22)16(20)4-2)9-10-19(23)21-12-11-15-7-5-6-8-17(15)21/h5-10,14,16H,3-4,11-13,20H2,1-2H3/b10-9+/t14-,16-/m0/s1. The smallest absolute Gasteiger partial charge is 0.250 e. The van der Waals surface area contributed by atoms with Gasteiger partial charge in [0.1, 0.15) is 5.78 Å². The SMILES string of the molecule is CC[C@@H](/C=C/C(=O)N1CCc2ccccc21)CC(=O)[C@@H](N)CC. The number of nitrogens with two attached hydrogens (primary N) is 1. The molecule has 0 aromatic heterocycles. The van der Waals surface area contributed by atoms with Crippen molar-refractivity contribution >= 4 is 17.4 Å². The first kappa shape index (κ1) is 17.4. The average Bonchev–Trinajstić information content (AvgIpc) is 3.01. The molecule has 1 aliphatic rings. The molecule has 2 atom stereocenters. The van der Waals surface area contributed by atoms with Crippen molar-refractivity contribution in [2.45, 2.75) is 45.6 Å². The molecular weight excluding hydrogens is 288 g/mol. The lowest BCUT2D eigenvalue weighted by atomic mass is 9.95. The number of hydrogen-bond acceptors (Lipinski definition) is 3. The van der Waals surface area contributed by atoms with E-state index in [2.05, 4.69) is 6.07 Å². The van der Waals surface area contributed by atoms with E-state index in [1.165, 1.54) is 5.56 Å². The fraction of sp³-hybridized carbons (Fsp3) is 0.474. The van der Waals surface area contributed by atoms with Gasteiger partial charge in [-0.2, -0.15) is 0 Å². The molecule has 0 spiro atoms. The Balaban J connectivity index is 1.98. The molecule has 1 aliphatic heterocycles. The van der Waals surface area contributed by atoms with Crippen molar-refractivity contribution in [2.24, 2.45) is 11.7 Å². The first-order valence-corrected chi connectivity index (χ1v) is 8.42. The van der Waals surface area contributed by atoms with E-state index in [-0.39, 0.29) is 17.6 Å². The molecule has 124 valence electrons. The molecule has 0 fully saturated rings. The van der Waals surface area contributed by atoms with Gasteiger partial charge in [0.15, 0.2) is 0 Å². The van der Waals surface area contributed by atoms with Gasteiger partial charge in [-0.3, -0.25) is 9.59 Å². The predicted molar refractivity (Wildman–Crippen MR) is 93.3 cm³/mol. The van der Waals surface area contributed by atoms with Crippen molar-refractivity contribution in [2.75, 3.05) is 11.4 Å². The summed E-state index contributed by atoms with van der Waals surface area (Å²) in [7, 11) is 0. The van der Waals surface area contributed by atoms with Crippen LogP contribution >= 0.6 is 0 Å². The van der Waals surface area contributed by atoms with Gasteiger partial charge < -0.3 is 10.6 Å². The lowest BCUT2D eigenvalue weighted by Gasteiger charge is -2.16. The molecule has 2 rings (SSSR count). The molecule has 1 aromatic rings. The highest BCUT2D eigenvalue weighted by atomic mass is 16.2. The van der Waals surface area contributed by atoms with Gasteiger partial charge in [0.2, 0.25) is 0 Å². The first-order chi connectivity index (χ1) is 11.1. The number of benzene rings is 1. The molecule has 0 aliphatic carbocycles. The van der Waals surface area contributed by atoms with Crippen LogP contribution in [0.25, 0.3) is 0 Å². The molecule has 4 heteroatoms. The van der Waals surface area contributed by atoms with Crippen LogP contribution in [-0.4, -0.2) is 24.3 Å². The Labute approximate surface area is 138 Å². The number of fused-ring (bicyclic) bond motifs is 1. The summed E-state index contributed by atoms with van der Waals surface area (Å²) in [6, 6.07) is 7.60. The Bertz CT molecular complexity index is 595. The highest BCUT2D eigenvalue weighted by molar-refractivity contribution is 6.02. The van der Waals surface area contributed by atoms with Crippen molar-refractivity contribution in [3.8, 4) is 0 Å². The van der Waals surface area contributed by atoms with Gasteiger partial charge in [-0.05, 0) is 42.9 Å². The summed E-state index contributed by atoms with van der Waals surface area (Å²) in [4.78, 5) is 26.2. The molecule has 1 heterocycles. The van der Waals surface area contributed by atoms with Crippen LogP contribution < -0.4 is 10.6 Å². The third-order valence-electron chi connectivity index (χ3n) is 4.51. The molecule has 1 amide bonds. The van der Waals surface area contributed by atoms with Crippen molar-refractivity contribution in [3.63, 3.8) is 0 Å². The maximum absolute atomic E-state index is 12.4. The maximum atomic E-state index is 12.4. The Morgan fingerprint density at radius 3 is 2.70 bits per heavy atom. The molecule has 23 heavy (non-hydrogen) atoms. The number of para-hydroxylation sites is 1. The van der Waals surface area contributed by atoms with E-state index in [0.717, 1.165) is 25.1 Å². The predicted octanol–water partition coefficient (Wildman–Crippen LogP) is 2.85. The fourth-order valence-corrected chi connectivity index (χ4v) is 2.86. The van der Waals surface area contributed by atoms with Crippen LogP contribution in [0, 0.1) is 5.92 Å². The summed E-state index contributed by atoms with van der Waals surface area (Å²) in [5.41, 5.74) is 7.99. The van der Waals surface area contributed by atoms with Crippen molar-refractivity contribution in [3.05, 3.63) is 42.0 Å². The summed E-state index contributed by atoms with van der Waals surface area (Å²) >= 11 is 0. The third kappa shape index (κ3) is 4.29. The number of anilines is 1. The minimum atomic E-state index is -0.390. The first-order valence-electron chi connectivity index (χ1n) is 8.42. The van der Waals surface area contributed by atoms with Gasteiger partial charge in [-0.15, -0.1) is 0 Å². The Kier molecular flexibility index (Phi) is 6.11. The van der Waals surface area contributed by atoms with Crippen molar-refractivity contribution in [1.29, 1.82) is 0 Å². The second-order valence-electron chi connectivity index (χ2n) is 6.08. The Hall–Kier alpha value is -1.94. The van der Waals surface area contributed by atoms with Crippen LogP contribution in [0.3, 0.4) is 0 Å². The van der Waals surface area contributed by atoms with E-state index in [1.807, 2.05) is 38.1 Å². The lowest BCUT2D eigenvalue weighted by molar-refractivity contribution is -0.121. The molecule has 2 N–H and O–H groups in total. The number of ketones is 1. The van der Waals surface area contributed by atoms with Crippen LogP contribution in [0.4, 0.5) is 5.69 Å². The van der Waals surface area contributed by atoms with Crippen molar-refractivity contribution < 1.29 is 9.59 Å². The number of Topliss-reactive ketones (excluding diaryl/α,β-unsaturated/α-hetero) is 1. The van der Waals surface area contributed by atoms with Gasteiger partial charge >= 0.3 is 0 Å². The summed E-state index contributed by atoms with van der Waals surface area (Å²) < 4.78 is 0. The minimum absolute atomic E-state index is 0.0133. The molecule has 0 unspecified atom stereocenters. The van der Waals surface area contributed by atoms with Gasteiger partial charge in [0.25, 0.3) is 5.91 Å². The van der Waals surface area contributed by atoms with Crippen LogP contribution in [0.2, 0.25) is 0 Å². The number of amides is 1. The zero-order valence-corrected chi connectivity index (χ0v) is 14.0. The topological polar surface area (TPSA) is 63.4 Å². The third-order valence-corrected chi connectivity index (χ3v) is 4.51. The Morgan fingerprint density at radius 2 is 2.00 bits per heavy atom. The summed E-state index contributed by atoms with van der Waals surface area (Å²) in [5, 5.41) is 0. The normalized spacial score (nSPS) is 16.4. The summed E-state index contributed by atoms with van der Waals surface area (Å²) in [6.45, 7) is 4.65. The largest absolute Gasteiger partial charge is 0.322 e. The van der Waals surface area contributed by atoms with Gasteiger partial charge in [0.05, 0.1) is 6.04 Å². The summed E-state index contributed by atoms with van der Waals surface area (Å²) in [6.07, 6.45) is 6.26. The molecule has 0 saturated carbocycles. The Morgan fingerprint density at radius 1 is 1.26 bits per heavy atom. The molecule has 0 bridgehead atoms. The van der Waals surface area contributed by atoms with E-state index in [0.29, 0.717) is 12.8 Å². The highest BCUT2D eigenvalue weighted by Gasteiger charge is 2.22. The van der Waals surface area contributed by atoms with Crippen LogP contribution in [0.15, 0.2) is 36.4 Å². The molecule has 0 radical (unpaired) electrons. The second-order valence-corrected chi connectivity index (χ2v) is 6.08. The monoisotopic (exact) mass is 314 g/mol. The number of nitrogens with zero attached hydrogens (tertiary/aromatic N) is 1. The van der Waals surface area contributed by atoms with E-state index < -0.39 is 6.04 Å². The minimum Gasteiger partial charge on any atom is -0.322 e. The van der Waals surface area contributed by atoms with E-state index >= 15 is 0 Å². The fourth-order valence-electron chi connectivity index (χ4n) is 2.86. The summed E-state index contributed by atoms with van der Waals surface area (Å²) in [5.74, 6) is 0.130. The van der Waals surface area contributed by atoms with Crippen LogP contribution in [0.5, 0.6) is 0 Å². The molecule has 1 aromatic carbocycles. The average molecular weight is 314 g/mol. The number of rotatable bonds is 7. The van der Waals surface area contributed by atoms with Crippen LogP contribution in [-0.2, 0) is 16.0 Å².